The van der Waals surface area contributed by atoms with Crippen LogP contribution >= 0.6 is 23.1 Å². The number of amides is 1. The second kappa shape index (κ2) is 6.62. The normalized spacial score (nSPS) is 11.9. The average molecular weight is 307 g/mol. The van der Waals surface area contributed by atoms with Gasteiger partial charge in [0.1, 0.15) is 5.51 Å². The highest BCUT2D eigenvalue weighted by atomic mass is 32.2. The Balaban J connectivity index is 2.00. The first-order valence-electron chi connectivity index (χ1n) is 5.91. The zero-order valence-electron chi connectivity index (χ0n) is 11.0. The van der Waals surface area contributed by atoms with Gasteiger partial charge in [-0.05, 0) is 26.0 Å². The number of carbonyl (C=O) groups excluding carboxylic acids is 2. The molecule has 1 aromatic carbocycles. The second-order valence-corrected chi connectivity index (χ2v) is 6.51. The maximum atomic E-state index is 12.1. The number of carbonyl (C=O) groups is 2. The van der Waals surface area contributed by atoms with E-state index in [2.05, 4.69) is 15.5 Å². The van der Waals surface area contributed by atoms with E-state index in [0.29, 0.717) is 11.3 Å². The Kier molecular flexibility index (Phi) is 4.86. The van der Waals surface area contributed by atoms with Crippen LogP contribution in [0.25, 0.3) is 0 Å². The largest absolute Gasteiger partial charge is 0.325 e. The molecular formula is C13H13N3O2S2. The molecule has 2 rings (SSSR count). The zero-order chi connectivity index (χ0) is 14.5. The van der Waals surface area contributed by atoms with Crippen molar-refractivity contribution in [1.29, 1.82) is 0 Å². The van der Waals surface area contributed by atoms with Crippen LogP contribution in [0.5, 0.6) is 0 Å². The molecule has 0 fully saturated rings. The van der Waals surface area contributed by atoms with Gasteiger partial charge >= 0.3 is 0 Å². The summed E-state index contributed by atoms with van der Waals surface area (Å²) in [6, 6.07) is 6.89. The summed E-state index contributed by atoms with van der Waals surface area (Å²) >= 11 is 2.75. The van der Waals surface area contributed by atoms with Gasteiger partial charge < -0.3 is 5.32 Å². The van der Waals surface area contributed by atoms with Crippen molar-refractivity contribution in [3.05, 3.63) is 35.3 Å². The molecule has 2 aromatic rings. The molecular weight excluding hydrogens is 294 g/mol. The van der Waals surface area contributed by atoms with E-state index in [-0.39, 0.29) is 16.9 Å². The zero-order valence-corrected chi connectivity index (χ0v) is 12.6. The summed E-state index contributed by atoms with van der Waals surface area (Å²) in [5, 5.41) is 10.1. The lowest BCUT2D eigenvalue weighted by atomic mass is 10.1. The van der Waals surface area contributed by atoms with E-state index in [1.54, 1.807) is 36.7 Å². The first kappa shape index (κ1) is 14.7. The first-order chi connectivity index (χ1) is 9.56. The van der Waals surface area contributed by atoms with Crippen LogP contribution in [-0.2, 0) is 4.79 Å². The number of aromatic nitrogens is 2. The Morgan fingerprint density at radius 2 is 2.20 bits per heavy atom. The molecule has 20 heavy (non-hydrogen) atoms. The topological polar surface area (TPSA) is 72.0 Å². The second-order valence-electron chi connectivity index (χ2n) is 4.09. The fourth-order valence-electron chi connectivity index (χ4n) is 1.48. The van der Waals surface area contributed by atoms with Crippen LogP contribution < -0.4 is 5.32 Å². The highest BCUT2D eigenvalue weighted by Gasteiger charge is 2.16. The van der Waals surface area contributed by atoms with Gasteiger partial charge in [0.15, 0.2) is 10.1 Å². The molecule has 5 nitrogen and oxygen atoms in total. The number of benzene rings is 1. The van der Waals surface area contributed by atoms with E-state index < -0.39 is 0 Å². The molecule has 0 unspecified atom stereocenters. The molecule has 0 radical (unpaired) electrons. The number of thioether (sulfide) groups is 1. The smallest absolute Gasteiger partial charge is 0.237 e. The molecule has 0 bridgehead atoms. The van der Waals surface area contributed by atoms with Gasteiger partial charge in [-0.3, -0.25) is 9.59 Å². The number of hydrogen-bond donors (Lipinski definition) is 1. The lowest BCUT2D eigenvalue weighted by Gasteiger charge is -2.10. The fraction of sp³-hybridized carbons (Fsp3) is 0.231. The number of anilines is 1. The Hall–Kier alpha value is -1.73. The van der Waals surface area contributed by atoms with Crippen LogP contribution in [0.3, 0.4) is 0 Å². The molecule has 1 atom stereocenters. The van der Waals surface area contributed by atoms with Crippen LogP contribution in [0.15, 0.2) is 34.1 Å². The van der Waals surface area contributed by atoms with E-state index in [1.807, 2.05) is 0 Å². The number of nitrogens with zero attached hydrogens (tertiary/aromatic N) is 2. The number of nitrogens with one attached hydrogen (secondary N) is 1. The minimum absolute atomic E-state index is 0.0302. The van der Waals surface area contributed by atoms with Crippen molar-refractivity contribution in [2.75, 3.05) is 5.32 Å². The number of hydrogen-bond acceptors (Lipinski definition) is 6. The maximum absolute atomic E-state index is 12.1. The molecule has 1 aromatic heterocycles. The summed E-state index contributed by atoms with van der Waals surface area (Å²) in [6.45, 7) is 3.30. The van der Waals surface area contributed by atoms with Gasteiger partial charge in [-0.15, -0.1) is 10.2 Å². The van der Waals surface area contributed by atoms with Gasteiger partial charge in [0.25, 0.3) is 0 Å². The highest BCUT2D eigenvalue weighted by Crippen LogP contribution is 2.25. The molecule has 0 aliphatic carbocycles. The average Bonchev–Trinajstić information content (AvgIpc) is 2.91. The highest BCUT2D eigenvalue weighted by molar-refractivity contribution is 8.02. The van der Waals surface area contributed by atoms with Gasteiger partial charge in [0.2, 0.25) is 5.91 Å². The van der Waals surface area contributed by atoms with E-state index in [1.165, 1.54) is 30.0 Å². The van der Waals surface area contributed by atoms with Gasteiger partial charge in [0, 0.05) is 11.3 Å². The Bertz CT molecular complexity index is 614. The van der Waals surface area contributed by atoms with E-state index >= 15 is 0 Å². The molecule has 1 amide bonds. The molecule has 0 saturated heterocycles. The third-order valence-corrected chi connectivity index (χ3v) is 4.43. The van der Waals surface area contributed by atoms with Crippen molar-refractivity contribution < 1.29 is 9.59 Å². The Labute approximate surface area is 124 Å². The van der Waals surface area contributed by atoms with Crippen molar-refractivity contribution in [2.24, 2.45) is 0 Å². The Morgan fingerprint density at radius 1 is 1.40 bits per heavy atom. The number of Topliss-reactive ketones (excluding diaryl/α,β-unsaturated/α-hetero) is 1. The predicted octanol–water partition coefficient (Wildman–Crippen LogP) is 2.86. The number of ketones is 1. The summed E-state index contributed by atoms with van der Waals surface area (Å²) in [7, 11) is 0. The van der Waals surface area contributed by atoms with Gasteiger partial charge in [-0.25, -0.2) is 0 Å². The molecule has 0 spiro atoms. The van der Waals surface area contributed by atoms with Crippen molar-refractivity contribution in [2.45, 2.75) is 23.4 Å². The molecule has 1 heterocycles. The van der Waals surface area contributed by atoms with E-state index in [4.69, 9.17) is 0 Å². The SMILES string of the molecule is CC(=O)c1cccc(NC(=O)[C@H](C)Sc2nncs2)c1. The van der Waals surface area contributed by atoms with E-state index in [9.17, 15) is 9.59 Å². The minimum Gasteiger partial charge on any atom is -0.325 e. The van der Waals surface area contributed by atoms with Gasteiger partial charge in [0.05, 0.1) is 5.25 Å². The summed E-state index contributed by atoms with van der Waals surface area (Å²) < 4.78 is 0.755. The molecule has 0 saturated carbocycles. The van der Waals surface area contributed by atoms with Gasteiger partial charge in [-0.2, -0.15) is 0 Å². The van der Waals surface area contributed by atoms with Crippen LogP contribution in [-0.4, -0.2) is 27.1 Å². The van der Waals surface area contributed by atoms with Crippen LogP contribution in [0.2, 0.25) is 0 Å². The van der Waals surface area contributed by atoms with E-state index in [0.717, 1.165) is 4.34 Å². The van der Waals surface area contributed by atoms with Gasteiger partial charge in [-0.1, -0.05) is 35.2 Å². The third-order valence-electron chi connectivity index (χ3n) is 2.52. The van der Waals surface area contributed by atoms with Crippen molar-refractivity contribution in [3.63, 3.8) is 0 Å². The summed E-state index contributed by atoms with van der Waals surface area (Å²) in [6.07, 6.45) is 0. The molecule has 0 aliphatic heterocycles. The standard InChI is InChI=1S/C13H13N3O2S2/c1-8(17)10-4-3-5-11(6-10)15-12(18)9(2)20-13-16-14-7-19-13/h3-7,9H,1-2H3,(H,15,18)/t9-/m0/s1. The Morgan fingerprint density at radius 3 is 2.85 bits per heavy atom. The molecule has 0 aliphatic rings. The van der Waals surface area contributed by atoms with Crippen LogP contribution in [0, 0.1) is 0 Å². The summed E-state index contributed by atoms with van der Waals surface area (Å²) in [4.78, 5) is 23.4. The lowest BCUT2D eigenvalue weighted by molar-refractivity contribution is -0.115. The van der Waals surface area contributed by atoms with Crippen LogP contribution in [0.1, 0.15) is 24.2 Å². The third kappa shape index (κ3) is 3.88. The lowest BCUT2D eigenvalue weighted by Crippen LogP contribution is -2.22. The summed E-state index contributed by atoms with van der Waals surface area (Å²) in [5.74, 6) is -0.164. The monoisotopic (exact) mass is 307 g/mol. The maximum Gasteiger partial charge on any atom is 0.237 e. The fourth-order valence-corrected chi connectivity index (χ4v) is 3.10. The first-order valence-corrected chi connectivity index (χ1v) is 7.67. The van der Waals surface area contributed by atoms with Crippen molar-refractivity contribution >= 4 is 40.5 Å². The number of rotatable bonds is 5. The molecule has 1 N–H and O–H groups in total. The van der Waals surface area contributed by atoms with Crippen LogP contribution in [0.4, 0.5) is 5.69 Å². The van der Waals surface area contributed by atoms with Crippen molar-refractivity contribution in [1.82, 2.24) is 10.2 Å². The molecule has 7 heteroatoms. The quantitative estimate of drug-likeness (QED) is 0.679. The predicted molar refractivity (Wildman–Crippen MR) is 80.3 cm³/mol. The summed E-state index contributed by atoms with van der Waals surface area (Å²) in [5.41, 5.74) is 2.82. The molecule has 104 valence electrons. The van der Waals surface area contributed by atoms with Crippen molar-refractivity contribution in [3.8, 4) is 0 Å². The minimum atomic E-state index is -0.288.